The number of aliphatic hydroxyl groups is 1. The molecule has 1 saturated carbocycles. The summed E-state index contributed by atoms with van der Waals surface area (Å²) in [5.74, 6) is 0.852. The van der Waals surface area contributed by atoms with Gasteiger partial charge in [-0.05, 0) is 48.8 Å². The second-order valence-corrected chi connectivity index (χ2v) is 6.81. The molecule has 1 amide bonds. The highest BCUT2D eigenvalue weighted by Gasteiger charge is 2.16. The van der Waals surface area contributed by atoms with Crippen LogP contribution in [-0.2, 0) is 0 Å². The van der Waals surface area contributed by atoms with Crippen molar-refractivity contribution in [2.75, 3.05) is 6.54 Å². The molecule has 0 aromatic heterocycles. The first-order chi connectivity index (χ1) is 10.6. The van der Waals surface area contributed by atoms with E-state index < -0.39 is 0 Å². The van der Waals surface area contributed by atoms with E-state index in [-0.39, 0.29) is 17.9 Å². The van der Waals surface area contributed by atoms with Gasteiger partial charge in [-0.3, -0.25) is 4.79 Å². The van der Waals surface area contributed by atoms with Crippen molar-refractivity contribution >= 4 is 5.91 Å². The van der Waals surface area contributed by atoms with E-state index in [0.717, 1.165) is 0 Å². The summed E-state index contributed by atoms with van der Waals surface area (Å²) in [6.07, 6.45) is 6.81. The third-order valence-corrected chi connectivity index (χ3v) is 4.74. The Kier molecular flexibility index (Phi) is 6.44. The van der Waals surface area contributed by atoms with Gasteiger partial charge in [-0.2, -0.15) is 0 Å². The number of nitrogens with one attached hydrogen (secondary N) is 1. The molecule has 0 heterocycles. The Hall–Kier alpha value is -1.35. The molecule has 2 N–H and O–H groups in total. The van der Waals surface area contributed by atoms with E-state index in [1.54, 1.807) is 0 Å². The number of hydrogen-bond donors (Lipinski definition) is 2. The van der Waals surface area contributed by atoms with Gasteiger partial charge in [0.25, 0.3) is 5.91 Å². The van der Waals surface area contributed by atoms with Crippen molar-refractivity contribution in [3.05, 3.63) is 35.4 Å². The minimum absolute atomic E-state index is 0.0499. The topological polar surface area (TPSA) is 49.3 Å². The first-order valence-corrected chi connectivity index (χ1v) is 8.64. The molecule has 1 fully saturated rings. The van der Waals surface area contributed by atoms with Crippen LogP contribution in [0.4, 0.5) is 0 Å². The maximum Gasteiger partial charge on any atom is 0.251 e. The summed E-state index contributed by atoms with van der Waals surface area (Å²) in [7, 11) is 0. The Labute approximate surface area is 134 Å². The van der Waals surface area contributed by atoms with Crippen molar-refractivity contribution in [3.8, 4) is 0 Å². The van der Waals surface area contributed by atoms with Crippen LogP contribution in [0.5, 0.6) is 0 Å². The third-order valence-electron chi connectivity index (χ3n) is 4.74. The molecule has 3 nitrogen and oxygen atoms in total. The second-order valence-electron chi connectivity index (χ2n) is 6.81. The zero-order valence-electron chi connectivity index (χ0n) is 13.8. The quantitative estimate of drug-likeness (QED) is 0.838. The molecule has 1 aliphatic rings. The molecule has 0 bridgehead atoms. The number of rotatable bonds is 6. The summed E-state index contributed by atoms with van der Waals surface area (Å²) in [5.41, 5.74) is 2.07. The number of hydrogen-bond acceptors (Lipinski definition) is 2. The van der Waals surface area contributed by atoms with Crippen LogP contribution in [0.15, 0.2) is 24.3 Å². The van der Waals surface area contributed by atoms with E-state index in [9.17, 15) is 9.90 Å². The smallest absolute Gasteiger partial charge is 0.251 e. The SMILES string of the molecule is CC(C)[C@@H](O)CCNC(=O)c1ccc(C2CCCCC2)cc1. The van der Waals surface area contributed by atoms with Crippen LogP contribution in [0.1, 0.15) is 74.2 Å². The Bertz CT molecular complexity index is 461. The van der Waals surface area contributed by atoms with Gasteiger partial charge < -0.3 is 10.4 Å². The van der Waals surface area contributed by atoms with Crippen molar-refractivity contribution in [2.45, 2.75) is 64.4 Å². The maximum atomic E-state index is 12.1. The van der Waals surface area contributed by atoms with Gasteiger partial charge in [0, 0.05) is 12.1 Å². The molecule has 22 heavy (non-hydrogen) atoms. The fourth-order valence-corrected chi connectivity index (χ4v) is 3.11. The van der Waals surface area contributed by atoms with Crippen molar-refractivity contribution in [1.29, 1.82) is 0 Å². The minimum atomic E-state index is -0.353. The van der Waals surface area contributed by atoms with Gasteiger partial charge in [0.2, 0.25) is 0 Å². The molecule has 1 atom stereocenters. The molecule has 2 rings (SSSR count). The first-order valence-electron chi connectivity index (χ1n) is 8.64. The molecule has 3 heteroatoms. The summed E-state index contributed by atoms with van der Waals surface area (Å²) in [5, 5.41) is 12.6. The summed E-state index contributed by atoms with van der Waals surface area (Å²) in [6, 6.07) is 8.07. The van der Waals surface area contributed by atoms with Crippen LogP contribution >= 0.6 is 0 Å². The minimum Gasteiger partial charge on any atom is -0.393 e. The summed E-state index contributed by atoms with van der Waals surface area (Å²) < 4.78 is 0. The Morgan fingerprint density at radius 2 is 1.82 bits per heavy atom. The molecular formula is C19H29NO2. The van der Waals surface area contributed by atoms with Gasteiger partial charge in [0.15, 0.2) is 0 Å². The van der Waals surface area contributed by atoms with Crippen LogP contribution in [0.2, 0.25) is 0 Å². The van der Waals surface area contributed by atoms with Gasteiger partial charge in [-0.15, -0.1) is 0 Å². The first kappa shape index (κ1) is 17.0. The van der Waals surface area contributed by atoms with Gasteiger partial charge in [-0.1, -0.05) is 45.2 Å². The van der Waals surface area contributed by atoms with Crippen LogP contribution < -0.4 is 5.32 Å². The van der Waals surface area contributed by atoms with Gasteiger partial charge in [0.1, 0.15) is 0 Å². The van der Waals surface area contributed by atoms with Crippen molar-refractivity contribution < 1.29 is 9.90 Å². The lowest BCUT2D eigenvalue weighted by molar-refractivity contribution is 0.0920. The zero-order valence-corrected chi connectivity index (χ0v) is 13.8. The fourth-order valence-electron chi connectivity index (χ4n) is 3.11. The van der Waals surface area contributed by atoms with E-state index in [2.05, 4.69) is 17.4 Å². The molecule has 1 aromatic carbocycles. The lowest BCUT2D eigenvalue weighted by Crippen LogP contribution is -2.28. The Balaban J connectivity index is 1.83. The number of amides is 1. The van der Waals surface area contributed by atoms with Crippen LogP contribution in [-0.4, -0.2) is 23.7 Å². The summed E-state index contributed by atoms with van der Waals surface area (Å²) in [4.78, 5) is 12.1. The summed E-state index contributed by atoms with van der Waals surface area (Å²) >= 11 is 0. The lowest BCUT2D eigenvalue weighted by atomic mass is 9.84. The molecule has 0 unspecified atom stereocenters. The van der Waals surface area contributed by atoms with E-state index in [4.69, 9.17) is 0 Å². The average Bonchev–Trinajstić information content (AvgIpc) is 2.55. The molecule has 0 spiro atoms. The highest BCUT2D eigenvalue weighted by molar-refractivity contribution is 5.94. The standard InChI is InChI=1S/C19H29NO2/c1-14(2)18(21)12-13-20-19(22)17-10-8-16(9-11-17)15-6-4-3-5-7-15/h8-11,14-15,18,21H,3-7,12-13H2,1-2H3,(H,20,22)/t18-/m0/s1. The molecule has 1 aromatic rings. The second kappa shape index (κ2) is 8.33. The molecule has 0 saturated heterocycles. The molecule has 0 aliphatic heterocycles. The predicted molar refractivity (Wildman–Crippen MR) is 90.1 cm³/mol. The monoisotopic (exact) mass is 303 g/mol. The van der Waals surface area contributed by atoms with E-state index in [1.165, 1.54) is 37.7 Å². The van der Waals surface area contributed by atoms with Gasteiger partial charge >= 0.3 is 0 Å². The van der Waals surface area contributed by atoms with Gasteiger partial charge in [-0.25, -0.2) is 0 Å². The van der Waals surface area contributed by atoms with E-state index >= 15 is 0 Å². The van der Waals surface area contributed by atoms with Crippen LogP contribution in [0.3, 0.4) is 0 Å². The Morgan fingerprint density at radius 1 is 1.18 bits per heavy atom. The Morgan fingerprint density at radius 3 is 2.41 bits per heavy atom. The third kappa shape index (κ3) is 4.84. The predicted octanol–water partition coefficient (Wildman–Crippen LogP) is 3.87. The molecule has 122 valence electrons. The highest BCUT2D eigenvalue weighted by Crippen LogP contribution is 2.32. The average molecular weight is 303 g/mol. The number of aliphatic hydroxyl groups excluding tert-OH is 1. The number of benzene rings is 1. The normalized spacial score (nSPS) is 17.5. The molecular weight excluding hydrogens is 274 g/mol. The van der Waals surface area contributed by atoms with E-state index in [1.807, 2.05) is 26.0 Å². The molecule has 1 aliphatic carbocycles. The van der Waals surface area contributed by atoms with Crippen molar-refractivity contribution in [3.63, 3.8) is 0 Å². The van der Waals surface area contributed by atoms with Crippen molar-refractivity contribution in [1.82, 2.24) is 5.32 Å². The van der Waals surface area contributed by atoms with Crippen LogP contribution in [0, 0.1) is 5.92 Å². The van der Waals surface area contributed by atoms with Crippen molar-refractivity contribution in [2.24, 2.45) is 5.92 Å². The lowest BCUT2D eigenvalue weighted by Gasteiger charge is -2.22. The maximum absolute atomic E-state index is 12.1. The fraction of sp³-hybridized carbons (Fsp3) is 0.632. The zero-order chi connectivity index (χ0) is 15.9. The molecule has 0 radical (unpaired) electrons. The number of carbonyl (C=O) groups is 1. The largest absolute Gasteiger partial charge is 0.393 e. The van der Waals surface area contributed by atoms with Crippen LogP contribution in [0.25, 0.3) is 0 Å². The number of carbonyl (C=O) groups excluding carboxylic acids is 1. The summed E-state index contributed by atoms with van der Waals surface area (Å²) in [6.45, 7) is 4.48. The highest BCUT2D eigenvalue weighted by atomic mass is 16.3. The van der Waals surface area contributed by atoms with Gasteiger partial charge in [0.05, 0.1) is 6.10 Å². The van der Waals surface area contributed by atoms with E-state index in [0.29, 0.717) is 24.4 Å².